The number of benzene rings is 1. The van der Waals surface area contributed by atoms with E-state index < -0.39 is 0 Å². The average molecular weight is 286 g/mol. The van der Waals surface area contributed by atoms with Crippen LogP contribution in [0.3, 0.4) is 0 Å². The molecule has 0 saturated carbocycles. The summed E-state index contributed by atoms with van der Waals surface area (Å²) in [7, 11) is 0. The van der Waals surface area contributed by atoms with Gasteiger partial charge in [-0.15, -0.1) is 0 Å². The van der Waals surface area contributed by atoms with Crippen LogP contribution in [0, 0.1) is 13.8 Å². The number of anilines is 2. The molecular formula is C15H18N4S. The summed E-state index contributed by atoms with van der Waals surface area (Å²) in [6.07, 6.45) is 1.03. The number of rotatable bonds is 3. The van der Waals surface area contributed by atoms with E-state index in [1.54, 1.807) is 0 Å². The van der Waals surface area contributed by atoms with Crippen LogP contribution in [0.15, 0.2) is 30.3 Å². The van der Waals surface area contributed by atoms with E-state index in [1.165, 1.54) is 5.56 Å². The minimum Gasteiger partial charge on any atom is -0.332 e. The van der Waals surface area contributed by atoms with E-state index in [4.69, 9.17) is 12.2 Å². The Morgan fingerprint density at radius 1 is 1.05 bits per heavy atom. The number of hydrogen-bond donors (Lipinski definition) is 2. The molecule has 0 aliphatic heterocycles. The zero-order valence-electron chi connectivity index (χ0n) is 11.9. The van der Waals surface area contributed by atoms with Gasteiger partial charge in [0.15, 0.2) is 5.11 Å². The highest BCUT2D eigenvalue weighted by atomic mass is 32.1. The van der Waals surface area contributed by atoms with Gasteiger partial charge in [-0.1, -0.05) is 19.1 Å². The molecule has 0 spiro atoms. The van der Waals surface area contributed by atoms with Gasteiger partial charge in [0.25, 0.3) is 0 Å². The van der Waals surface area contributed by atoms with Crippen LogP contribution in [-0.2, 0) is 6.42 Å². The van der Waals surface area contributed by atoms with E-state index >= 15 is 0 Å². The summed E-state index contributed by atoms with van der Waals surface area (Å²) < 4.78 is 0. The van der Waals surface area contributed by atoms with Gasteiger partial charge in [-0.2, -0.15) is 0 Å². The molecule has 1 aromatic carbocycles. The Hall–Kier alpha value is -2.01. The van der Waals surface area contributed by atoms with Crippen molar-refractivity contribution < 1.29 is 0 Å². The first kappa shape index (κ1) is 14.4. The predicted octanol–water partition coefficient (Wildman–Crippen LogP) is 3.46. The average Bonchev–Trinajstić information content (AvgIpc) is 2.38. The minimum atomic E-state index is 0.485. The SMILES string of the molecule is CCc1ccc(NC(=S)Nc2nc(C)cc(C)n2)cc1. The molecule has 5 heteroatoms. The third-order valence-corrected chi connectivity index (χ3v) is 3.03. The van der Waals surface area contributed by atoms with Crippen molar-refractivity contribution in [3.8, 4) is 0 Å². The van der Waals surface area contributed by atoms with Crippen LogP contribution < -0.4 is 10.6 Å². The Balaban J connectivity index is 2.01. The maximum absolute atomic E-state index is 5.26. The number of thiocarbonyl (C=S) groups is 1. The molecule has 0 unspecified atom stereocenters. The lowest BCUT2D eigenvalue weighted by molar-refractivity contribution is 1.07. The molecule has 0 atom stereocenters. The van der Waals surface area contributed by atoms with Gasteiger partial charge in [-0.25, -0.2) is 9.97 Å². The predicted molar refractivity (Wildman–Crippen MR) is 87.2 cm³/mol. The number of aryl methyl sites for hydroxylation is 3. The van der Waals surface area contributed by atoms with Crippen molar-refractivity contribution in [2.45, 2.75) is 27.2 Å². The highest BCUT2D eigenvalue weighted by Gasteiger charge is 2.03. The molecule has 104 valence electrons. The van der Waals surface area contributed by atoms with Crippen molar-refractivity contribution in [3.05, 3.63) is 47.3 Å². The molecule has 4 nitrogen and oxygen atoms in total. The fourth-order valence-corrected chi connectivity index (χ4v) is 2.08. The van der Waals surface area contributed by atoms with Crippen LogP contribution in [0.2, 0.25) is 0 Å². The summed E-state index contributed by atoms with van der Waals surface area (Å²) in [5.41, 5.74) is 4.07. The van der Waals surface area contributed by atoms with Crippen LogP contribution >= 0.6 is 12.2 Å². The molecule has 2 rings (SSSR count). The second-order valence-electron chi connectivity index (χ2n) is 4.60. The molecule has 0 bridgehead atoms. The number of nitrogens with one attached hydrogen (secondary N) is 2. The van der Waals surface area contributed by atoms with E-state index in [2.05, 4.69) is 39.7 Å². The molecule has 0 radical (unpaired) electrons. The summed E-state index contributed by atoms with van der Waals surface area (Å²) in [4.78, 5) is 8.59. The lowest BCUT2D eigenvalue weighted by Gasteiger charge is -2.10. The standard InChI is InChI=1S/C15H18N4S/c1-4-12-5-7-13(8-6-12)18-15(20)19-14-16-10(2)9-11(3)17-14/h5-9H,4H2,1-3H3,(H2,16,17,18,19,20). The quantitative estimate of drug-likeness (QED) is 0.846. The maximum atomic E-state index is 5.26. The van der Waals surface area contributed by atoms with Gasteiger partial charge in [0.1, 0.15) is 0 Å². The molecule has 0 amide bonds. The van der Waals surface area contributed by atoms with Gasteiger partial charge in [0, 0.05) is 17.1 Å². The van der Waals surface area contributed by atoms with Crippen molar-refractivity contribution in [3.63, 3.8) is 0 Å². The molecule has 0 aliphatic carbocycles. The fraction of sp³-hybridized carbons (Fsp3) is 0.267. The second kappa shape index (κ2) is 6.43. The molecule has 20 heavy (non-hydrogen) atoms. The second-order valence-corrected chi connectivity index (χ2v) is 5.01. The Bertz CT molecular complexity index is 588. The Morgan fingerprint density at radius 3 is 2.20 bits per heavy atom. The Labute approximate surface area is 124 Å². The van der Waals surface area contributed by atoms with Crippen LogP contribution in [0.1, 0.15) is 23.9 Å². The normalized spacial score (nSPS) is 10.2. The van der Waals surface area contributed by atoms with E-state index in [9.17, 15) is 0 Å². The highest BCUT2D eigenvalue weighted by molar-refractivity contribution is 7.80. The van der Waals surface area contributed by atoms with Gasteiger partial charge in [-0.05, 0) is 56.2 Å². The molecule has 1 heterocycles. The molecule has 0 fully saturated rings. The third kappa shape index (κ3) is 3.99. The van der Waals surface area contributed by atoms with E-state index in [0.29, 0.717) is 11.1 Å². The van der Waals surface area contributed by atoms with Gasteiger partial charge < -0.3 is 10.6 Å². The maximum Gasteiger partial charge on any atom is 0.229 e. The van der Waals surface area contributed by atoms with Crippen molar-refractivity contribution >= 4 is 29.0 Å². The lowest BCUT2D eigenvalue weighted by Crippen LogP contribution is -2.21. The minimum absolute atomic E-state index is 0.485. The molecule has 2 N–H and O–H groups in total. The van der Waals surface area contributed by atoms with Crippen molar-refractivity contribution in [2.75, 3.05) is 10.6 Å². The van der Waals surface area contributed by atoms with Crippen molar-refractivity contribution in [1.29, 1.82) is 0 Å². The lowest BCUT2D eigenvalue weighted by atomic mass is 10.1. The monoisotopic (exact) mass is 286 g/mol. The van der Waals surface area contributed by atoms with Gasteiger partial charge in [-0.3, -0.25) is 0 Å². The first-order valence-electron chi connectivity index (χ1n) is 6.56. The summed E-state index contributed by atoms with van der Waals surface area (Å²) >= 11 is 5.26. The zero-order chi connectivity index (χ0) is 14.5. The Kier molecular flexibility index (Phi) is 4.63. The largest absolute Gasteiger partial charge is 0.332 e. The summed E-state index contributed by atoms with van der Waals surface area (Å²) in [6, 6.07) is 10.1. The first-order valence-corrected chi connectivity index (χ1v) is 6.97. The van der Waals surface area contributed by atoms with E-state index in [1.807, 2.05) is 32.0 Å². The van der Waals surface area contributed by atoms with E-state index in [-0.39, 0.29) is 0 Å². The number of aromatic nitrogens is 2. The zero-order valence-corrected chi connectivity index (χ0v) is 12.7. The highest BCUT2D eigenvalue weighted by Crippen LogP contribution is 2.11. The molecule has 0 saturated heterocycles. The smallest absolute Gasteiger partial charge is 0.229 e. The van der Waals surface area contributed by atoms with Crippen molar-refractivity contribution in [2.24, 2.45) is 0 Å². The Morgan fingerprint density at radius 2 is 1.65 bits per heavy atom. The molecule has 0 aliphatic rings. The fourth-order valence-electron chi connectivity index (χ4n) is 1.87. The number of hydrogen-bond acceptors (Lipinski definition) is 3. The first-order chi connectivity index (χ1) is 9.56. The summed E-state index contributed by atoms with van der Waals surface area (Å²) in [5.74, 6) is 0.519. The number of nitrogens with zero attached hydrogens (tertiary/aromatic N) is 2. The van der Waals surface area contributed by atoms with E-state index in [0.717, 1.165) is 23.5 Å². The topological polar surface area (TPSA) is 49.8 Å². The third-order valence-electron chi connectivity index (χ3n) is 2.83. The van der Waals surface area contributed by atoms with Crippen molar-refractivity contribution in [1.82, 2.24) is 9.97 Å². The van der Waals surface area contributed by atoms with Gasteiger partial charge in [0.05, 0.1) is 0 Å². The van der Waals surface area contributed by atoms with Gasteiger partial charge in [0.2, 0.25) is 5.95 Å². The molecule has 1 aromatic heterocycles. The molecular weight excluding hydrogens is 268 g/mol. The van der Waals surface area contributed by atoms with Gasteiger partial charge >= 0.3 is 0 Å². The van der Waals surface area contributed by atoms with Crippen LogP contribution in [0.25, 0.3) is 0 Å². The summed E-state index contributed by atoms with van der Waals surface area (Å²) in [6.45, 7) is 5.99. The molecule has 2 aromatic rings. The van der Waals surface area contributed by atoms with Crippen LogP contribution in [-0.4, -0.2) is 15.1 Å². The van der Waals surface area contributed by atoms with Crippen LogP contribution in [0.4, 0.5) is 11.6 Å². The summed E-state index contributed by atoms with van der Waals surface area (Å²) in [5, 5.41) is 6.61. The van der Waals surface area contributed by atoms with Crippen LogP contribution in [0.5, 0.6) is 0 Å².